The number of likely N-dealkylation sites (N-methyl/N-ethyl adjacent to an activating group) is 1. The van der Waals surface area contributed by atoms with Gasteiger partial charge in [-0.3, -0.25) is 4.98 Å². The number of pyridine rings is 1. The summed E-state index contributed by atoms with van der Waals surface area (Å²) < 4.78 is 25.5. The number of carboxylic acids is 1. The zero-order valence-electron chi connectivity index (χ0n) is 12.4. The first-order valence-electron chi connectivity index (χ1n) is 6.72. The van der Waals surface area contributed by atoms with Crippen molar-refractivity contribution < 1.29 is 23.4 Å². The third kappa shape index (κ3) is 3.73. The molecule has 7 nitrogen and oxygen atoms in total. The maximum Gasteiger partial charge on any atom is 0.337 e. The largest absolute Gasteiger partial charge is 0.478 e. The van der Waals surface area contributed by atoms with E-state index in [-0.39, 0.29) is 23.6 Å². The van der Waals surface area contributed by atoms with E-state index in [4.69, 9.17) is 10.2 Å². The van der Waals surface area contributed by atoms with Crippen molar-refractivity contribution in [2.24, 2.45) is 0 Å². The van der Waals surface area contributed by atoms with Crippen molar-refractivity contribution in [2.45, 2.75) is 4.90 Å². The highest BCUT2D eigenvalue weighted by molar-refractivity contribution is 7.89. The van der Waals surface area contributed by atoms with Crippen LogP contribution in [0.4, 0.5) is 0 Å². The van der Waals surface area contributed by atoms with Gasteiger partial charge in [-0.15, -0.1) is 0 Å². The standard InChI is InChI=1S/C15H16N2O5S/c1-17(6-7-18)23(21,22)14-4-2-11(3-5-14)12-8-13(15(19)20)10-16-9-12/h2-5,8-10,18H,6-7H2,1H3,(H,19,20). The van der Waals surface area contributed by atoms with Crippen molar-refractivity contribution in [2.75, 3.05) is 20.2 Å². The van der Waals surface area contributed by atoms with Gasteiger partial charge in [0, 0.05) is 31.5 Å². The highest BCUT2D eigenvalue weighted by Crippen LogP contribution is 2.22. The molecule has 1 aromatic heterocycles. The molecule has 8 heteroatoms. The quantitative estimate of drug-likeness (QED) is 0.816. The molecule has 0 amide bonds. The van der Waals surface area contributed by atoms with Crippen molar-refractivity contribution in [3.63, 3.8) is 0 Å². The number of benzene rings is 1. The summed E-state index contributed by atoms with van der Waals surface area (Å²) in [5.74, 6) is -1.08. The molecular formula is C15H16N2O5S. The number of nitrogens with zero attached hydrogens (tertiary/aromatic N) is 2. The molecule has 0 spiro atoms. The van der Waals surface area contributed by atoms with Gasteiger partial charge in [0.25, 0.3) is 0 Å². The highest BCUT2D eigenvalue weighted by atomic mass is 32.2. The van der Waals surface area contributed by atoms with Crippen LogP contribution in [0.25, 0.3) is 11.1 Å². The van der Waals surface area contributed by atoms with Gasteiger partial charge in [-0.2, -0.15) is 4.31 Å². The molecule has 0 saturated carbocycles. The Morgan fingerprint density at radius 1 is 1.17 bits per heavy atom. The van der Waals surface area contributed by atoms with Crippen molar-refractivity contribution in [1.29, 1.82) is 0 Å². The van der Waals surface area contributed by atoms with Gasteiger partial charge in [0.05, 0.1) is 17.1 Å². The Labute approximate surface area is 133 Å². The number of aromatic carboxylic acids is 1. The Kier molecular flexibility index (Phi) is 5.09. The first kappa shape index (κ1) is 17.1. The number of carboxylic acid groups (broad SMARTS) is 1. The van der Waals surface area contributed by atoms with Gasteiger partial charge >= 0.3 is 5.97 Å². The second-order valence-electron chi connectivity index (χ2n) is 4.84. The molecule has 0 fully saturated rings. The number of rotatable bonds is 6. The molecule has 0 atom stereocenters. The summed E-state index contributed by atoms with van der Waals surface area (Å²) in [6.07, 6.45) is 2.75. The van der Waals surface area contributed by atoms with Gasteiger partial charge in [0.15, 0.2) is 0 Å². The number of hydrogen-bond donors (Lipinski definition) is 2. The van der Waals surface area contributed by atoms with Crippen LogP contribution in [-0.4, -0.2) is 54.1 Å². The minimum absolute atomic E-state index is 0.00859. The Bertz CT molecular complexity index is 803. The summed E-state index contributed by atoms with van der Waals surface area (Å²) >= 11 is 0. The second-order valence-corrected chi connectivity index (χ2v) is 6.89. The molecule has 0 aliphatic rings. The van der Waals surface area contributed by atoms with E-state index in [0.717, 1.165) is 4.31 Å². The smallest absolute Gasteiger partial charge is 0.337 e. The van der Waals surface area contributed by atoms with Crippen LogP contribution in [0.2, 0.25) is 0 Å². The molecule has 0 saturated heterocycles. The number of aliphatic hydroxyl groups excluding tert-OH is 1. The molecule has 0 aliphatic carbocycles. The van der Waals surface area contributed by atoms with E-state index in [1.54, 1.807) is 12.1 Å². The topological polar surface area (TPSA) is 108 Å². The Morgan fingerprint density at radius 2 is 1.83 bits per heavy atom. The lowest BCUT2D eigenvalue weighted by Gasteiger charge is -2.16. The van der Waals surface area contributed by atoms with Gasteiger partial charge in [-0.05, 0) is 23.8 Å². The van der Waals surface area contributed by atoms with Gasteiger partial charge < -0.3 is 10.2 Å². The van der Waals surface area contributed by atoms with Gasteiger partial charge in [0.1, 0.15) is 0 Å². The number of hydrogen-bond acceptors (Lipinski definition) is 5. The van der Waals surface area contributed by atoms with E-state index in [0.29, 0.717) is 11.1 Å². The van der Waals surface area contributed by atoms with Crippen molar-refractivity contribution in [3.05, 3.63) is 48.3 Å². The van der Waals surface area contributed by atoms with Crippen LogP contribution in [0.1, 0.15) is 10.4 Å². The zero-order chi connectivity index (χ0) is 17.0. The monoisotopic (exact) mass is 336 g/mol. The molecule has 0 unspecified atom stereocenters. The molecule has 0 bridgehead atoms. The maximum atomic E-state index is 12.2. The Morgan fingerprint density at radius 3 is 2.39 bits per heavy atom. The predicted octanol–water partition coefficient (Wildman–Crippen LogP) is 1.06. The van der Waals surface area contributed by atoms with E-state index in [1.807, 2.05) is 0 Å². The van der Waals surface area contributed by atoms with Crippen LogP contribution < -0.4 is 0 Å². The summed E-state index contributed by atoms with van der Waals surface area (Å²) in [4.78, 5) is 14.9. The normalized spacial score (nSPS) is 11.6. The van der Waals surface area contributed by atoms with Crippen LogP contribution in [-0.2, 0) is 10.0 Å². The molecule has 23 heavy (non-hydrogen) atoms. The molecule has 2 aromatic rings. The van der Waals surface area contributed by atoms with Crippen LogP contribution in [0.5, 0.6) is 0 Å². The predicted molar refractivity (Wildman–Crippen MR) is 83.5 cm³/mol. The van der Waals surface area contributed by atoms with Gasteiger partial charge in [-0.25, -0.2) is 13.2 Å². The van der Waals surface area contributed by atoms with E-state index < -0.39 is 16.0 Å². The van der Waals surface area contributed by atoms with Crippen LogP contribution >= 0.6 is 0 Å². The van der Waals surface area contributed by atoms with Crippen LogP contribution in [0.3, 0.4) is 0 Å². The molecule has 1 heterocycles. The number of sulfonamides is 1. The van der Waals surface area contributed by atoms with Crippen molar-refractivity contribution in [3.8, 4) is 11.1 Å². The number of aromatic nitrogens is 1. The van der Waals surface area contributed by atoms with Gasteiger partial charge in [-0.1, -0.05) is 12.1 Å². The lowest BCUT2D eigenvalue weighted by molar-refractivity contribution is 0.0696. The fourth-order valence-electron chi connectivity index (χ4n) is 1.98. The van der Waals surface area contributed by atoms with Crippen LogP contribution in [0, 0.1) is 0 Å². The average molecular weight is 336 g/mol. The zero-order valence-corrected chi connectivity index (χ0v) is 13.2. The SMILES string of the molecule is CN(CCO)S(=O)(=O)c1ccc(-c2cncc(C(=O)O)c2)cc1. The second kappa shape index (κ2) is 6.86. The highest BCUT2D eigenvalue weighted by Gasteiger charge is 2.20. The van der Waals surface area contributed by atoms with E-state index in [2.05, 4.69) is 4.98 Å². The van der Waals surface area contributed by atoms with Crippen LogP contribution in [0.15, 0.2) is 47.6 Å². The lowest BCUT2D eigenvalue weighted by Crippen LogP contribution is -2.29. The molecular weight excluding hydrogens is 320 g/mol. The number of aliphatic hydroxyl groups is 1. The minimum Gasteiger partial charge on any atom is -0.478 e. The summed E-state index contributed by atoms with van der Waals surface area (Å²) in [5.41, 5.74) is 1.30. The first-order chi connectivity index (χ1) is 10.9. The third-order valence-corrected chi connectivity index (χ3v) is 5.17. The summed E-state index contributed by atoms with van der Waals surface area (Å²) in [6, 6.07) is 7.51. The third-order valence-electron chi connectivity index (χ3n) is 3.30. The van der Waals surface area contributed by atoms with Crippen molar-refractivity contribution in [1.82, 2.24) is 9.29 Å². The Balaban J connectivity index is 2.33. The molecule has 0 radical (unpaired) electrons. The first-order valence-corrected chi connectivity index (χ1v) is 8.16. The molecule has 0 aliphatic heterocycles. The van der Waals surface area contributed by atoms with Gasteiger partial charge in [0.2, 0.25) is 10.0 Å². The number of carbonyl (C=O) groups is 1. The molecule has 1 aromatic carbocycles. The summed E-state index contributed by atoms with van der Waals surface area (Å²) in [5, 5.41) is 17.8. The summed E-state index contributed by atoms with van der Waals surface area (Å²) in [7, 11) is -2.27. The van der Waals surface area contributed by atoms with E-state index in [1.165, 1.54) is 37.6 Å². The molecule has 2 rings (SSSR count). The van der Waals surface area contributed by atoms with E-state index >= 15 is 0 Å². The molecule has 122 valence electrons. The maximum absolute atomic E-state index is 12.2. The fraction of sp³-hybridized carbons (Fsp3) is 0.200. The Hall–Kier alpha value is -2.29. The fourth-order valence-corrected chi connectivity index (χ4v) is 3.14. The summed E-state index contributed by atoms with van der Waals surface area (Å²) in [6.45, 7) is -0.254. The van der Waals surface area contributed by atoms with Crippen molar-refractivity contribution >= 4 is 16.0 Å². The lowest BCUT2D eigenvalue weighted by atomic mass is 10.1. The van der Waals surface area contributed by atoms with E-state index in [9.17, 15) is 13.2 Å². The molecule has 2 N–H and O–H groups in total. The minimum atomic E-state index is -3.66. The average Bonchev–Trinajstić information content (AvgIpc) is 2.55.